The topological polar surface area (TPSA) is 114 Å². The zero-order valence-electron chi connectivity index (χ0n) is 11.5. The molecule has 0 aliphatic rings. The number of hydrogen-bond donors (Lipinski definition) is 1. The molecule has 2 aromatic rings. The normalized spacial score (nSPS) is 10.6. The summed E-state index contributed by atoms with van der Waals surface area (Å²) < 4.78 is 4.94. The van der Waals surface area contributed by atoms with Gasteiger partial charge >= 0.3 is 0 Å². The zero-order valence-corrected chi connectivity index (χ0v) is 11.5. The number of carbonyl (C=O) groups is 1. The van der Waals surface area contributed by atoms with Crippen molar-refractivity contribution < 1.29 is 19.6 Å². The van der Waals surface area contributed by atoms with Gasteiger partial charge in [-0.15, -0.1) is 5.11 Å². The number of azo groups is 1. The summed E-state index contributed by atoms with van der Waals surface area (Å²) in [5, 5.41) is 28.2. The molecule has 2 aromatic carbocycles. The first kappa shape index (κ1) is 15.1. The fourth-order valence-corrected chi connectivity index (χ4v) is 1.67. The summed E-state index contributed by atoms with van der Waals surface area (Å²) in [6.07, 6.45) is 0.590. The molecule has 0 amide bonds. The Morgan fingerprint density at radius 3 is 2.45 bits per heavy atom. The Labute approximate surface area is 124 Å². The second kappa shape index (κ2) is 6.44. The number of carbonyl (C=O) groups excluding carboxylic acids is 1. The van der Waals surface area contributed by atoms with Gasteiger partial charge in [-0.2, -0.15) is 5.11 Å². The van der Waals surface area contributed by atoms with E-state index in [1.54, 1.807) is 0 Å². The Balaban J connectivity index is 2.33. The maximum atomic E-state index is 10.8. The second-order valence-electron chi connectivity index (χ2n) is 4.18. The molecule has 1 N–H and O–H groups in total. The molecule has 8 nitrogen and oxygen atoms in total. The van der Waals surface area contributed by atoms with Crippen LogP contribution in [0.2, 0.25) is 0 Å². The van der Waals surface area contributed by atoms with E-state index in [4.69, 9.17) is 4.74 Å². The highest BCUT2D eigenvalue weighted by Gasteiger charge is 2.10. The molecule has 8 heteroatoms. The van der Waals surface area contributed by atoms with E-state index >= 15 is 0 Å². The molecule has 0 unspecified atom stereocenters. The number of hydrogen-bond acceptors (Lipinski definition) is 7. The SMILES string of the molecule is COc1cc(C=O)cc(N=Nc2ccc([N+](=O)[O-])cc2)c1O. The van der Waals surface area contributed by atoms with Crippen LogP contribution >= 0.6 is 0 Å². The zero-order chi connectivity index (χ0) is 16.1. The van der Waals surface area contributed by atoms with E-state index in [9.17, 15) is 20.0 Å². The number of nitro groups is 1. The van der Waals surface area contributed by atoms with Crippen LogP contribution in [0.5, 0.6) is 11.5 Å². The molecule has 0 spiro atoms. The highest BCUT2D eigenvalue weighted by Crippen LogP contribution is 2.37. The van der Waals surface area contributed by atoms with Gasteiger partial charge < -0.3 is 9.84 Å². The molecular formula is C14H11N3O5. The number of phenols is 1. The predicted molar refractivity (Wildman–Crippen MR) is 77.3 cm³/mol. The van der Waals surface area contributed by atoms with Gasteiger partial charge in [0.2, 0.25) is 0 Å². The fraction of sp³-hybridized carbons (Fsp3) is 0.0714. The van der Waals surface area contributed by atoms with Gasteiger partial charge in [0, 0.05) is 17.7 Å². The summed E-state index contributed by atoms with van der Waals surface area (Å²) in [4.78, 5) is 20.9. The smallest absolute Gasteiger partial charge is 0.269 e. The first-order valence-electron chi connectivity index (χ1n) is 6.07. The van der Waals surface area contributed by atoms with Crippen molar-refractivity contribution in [2.24, 2.45) is 10.2 Å². The first-order valence-corrected chi connectivity index (χ1v) is 6.07. The van der Waals surface area contributed by atoms with Crippen molar-refractivity contribution >= 4 is 23.3 Å². The van der Waals surface area contributed by atoms with Crippen molar-refractivity contribution in [1.82, 2.24) is 0 Å². The van der Waals surface area contributed by atoms with Crippen LogP contribution < -0.4 is 4.74 Å². The Bertz CT molecular complexity index is 741. The van der Waals surface area contributed by atoms with Gasteiger partial charge in [-0.1, -0.05) is 0 Å². The van der Waals surface area contributed by atoms with Crippen molar-refractivity contribution in [3.8, 4) is 11.5 Å². The Hall–Kier alpha value is -3.29. The van der Waals surface area contributed by atoms with Crippen molar-refractivity contribution in [2.45, 2.75) is 0 Å². The summed E-state index contributed by atoms with van der Waals surface area (Å²) in [5.41, 5.74) is 0.624. The first-order chi connectivity index (χ1) is 10.5. The van der Waals surface area contributed by atoms with E-state index in [2.05, 4.69) is 10.2 Å². The minimum atomic E-state index is -0.523. The van der Waals surface area contributed by atoms with Crippen LogP contribution in [0, 0.1) is 10.1 Å². The largest absolute Gasteiger partial charge is 0.503 e. The van der Waals surface area contributed by atoms with Crippen LogP contribution in [0.3, 0.4) is 0 Å². The predicted octanol–water partition coefficient (Wildman–Crippen LogP) is 3.54. The number of methoxy groups -OCH3 is 1. The average Bonchev–Trinajstić information content (AvgIpc) is 2.54. The third kappa shape index (κ3) is 3.23. The van der Waals surface area contributed by atoms with Crippen LogP contribution in [0.4, 0.5) is 17.1 Å². The van der Waals surface area contributed by atoms with Gasteiger partial charge in [-0.25, -0.2) is 0 Å². The second-order valence-corrected chi connectivity index (χ2v) is 4.18. The Morgan fingerprint density at radius 2 is 1.91 bits per heavy atom. The Kier molecular flexibility index (Phi) is 4.42. The maximum absolute atomic E-state index is 10.8. The van der Waals surface area contributed by atoms with E-state index in [-0.39, 0.29) is 28.4 Å². The number of phenolic OH excluding ortho intramolecular Hbond substituents is 1. The number of aldehydes is 1. The van der Waals surface area contributed by atoms with Crippen molar-refractivity contribution in [2.75, 3.05) is 7.11 Å². The number of aromatic hydroxyl groups is 1. The highest BCUT2D eigenvalue weighted by atomic mass is 16.6. The molecule has 0 atom stereocenters. The third-order valence-corrected chi connectivity index (χ3v) is 2.77. The van der Waals surface area contributed by atoms with Crippen LogP contribution in [0.15, 0.2) is 46.6 Å². The monoisotopic (exact) mass is 301 g/mol. The molecule has 0 bridgehead atoms. The number of benzene rings is 2. The van der Waals surface area contributed by atoms with E-state index in [0.29, 0.717) is 12.0 Å². The summed E-state index contributed by atoms with van der Waals surface area (Å²) >= 11 is 0. The molecule has 0 saturated carbocycles. The fourth-order valence-electron chi connectivity index (χ4n) is 1.67. The third-order valence-electron chi connectivity index (χ3n) is 2.77. The van der Waals surface area contributed by atoms with Crippen LogP contribution in [-0.4, -0.2) is 23.4 Å². The Morgan fingerprint density at radius 1 is 1.23 bits per heavy atom. The molecule has 0 heterocycles. The van der Waals surface area contributed by atoms with Crippen LogP contribution in [0.1, 0.15) is 10.4 Å². The molecule has 0 saturated heterocycles. The lowest BCUT2D eigenvalue weighted by molar-refractivity contribution is -0.384. The number of ether oxygens (including phenoxy) is 1. The standard InChI is InChI=1S/C14H11N3O5/c1-22-13-7-9(8-18)6-12(14(13)19)16-15-10-2-4-11(5-3-10)17(20)21/h2-8,19H,1H3. The molecule has 0 aliphatic carbocycles. The van der Waals surface area contributed by atoms with E-state index < -0.39 is 4.92 Å². The van der Waals surface area contributed by atoms with E-state index in [0.717, 1.165) is 0 Å². The lowest BCUT2D eigenvalue weighted by atomic mass is 10.2. The van der Waals surface area contributed by atoms with Crippen molar-refractivity contribution in [3.05, 3.63) is 52.1 Å². The van der Waals surface area contributed by atoms with Gasteiger partial charge in [-0.3, -0.25) is 14.9 Å². The van der Waals surface area contributed by atoms with Crippen LogP contribution in [-0.2, 0) is 0 Å². The van der Waals surface area contributed by atoms with Crippen molar-refractivity contribution in [1.29, 1.82) is 0 Å². The summed E-state index contributed by atoms with van der Waals surface area (Å²) in [7, 11) is 1.35. The molecule has 112 valence electrons. The quantitative estimate of drug-likeness (QED) is 0.392. The number of nitrogens with zero attached hydrogens (tertiary/aromatic N) is 3. The van der Waals surface area contributed by atoms with E-state index in [1.807, 2.05) is 0 Å². The van der Waals surface area contributed by atoms with Gasteiger partial charge in [0.15, 0.2) is 11.5 Å². The number of rotatable bonds is 5. The van der Waals surface area contributed by atoms with E-state index in [1.165, 1.54) is 43.5 Å². The minimum Gasteiger partial charge on any atom is -0.503 e. The number of nitro benzene ring substituents is 1. The summed E-state index contributed by atoms with van der Waals surface area (Å²) in [6.45, 7) is 0. The lowest BCUT2D eigenvalue weighted by Crippen LogP contribution is -1.87. The molecule has 0 aliphatic heterocycles. The molecule has 22 heavy (non-hydrogen) atoms. The van der Waals surface area contributed by atoms with Gasteiger partial charge in [-0.05, 0) is 24.3 Å². The van der Waals surface area contributed by atoms with Gasteiger partial charge in [0.25, 0.3) is 5.69 Å². The molecule has 2 rings (SSSR count). The summed E-state index contributed by atoms with van der Waals surface area (Å²) in [6, 6.07) is 8.12. The van der Waals surface area contributed by atoms with Crippen LogP contribution in [0.25, 0.3) is 0 Å². The number of non-ortho nitro benzene ring substituents is 1. The molecule has 0 fully saturated rings. The van der Waals surface area contributed by atoms with Gasteiger partial charge in [0.05, 0.1) is 17.7 Å². The molecular weight excluding hydrogens is 290 g/mol. The van der Waals surface area contributed by atoms with Gasteiger partial charge in [0.1, 0.15) is 12.0 Å². The lowest BCUT2D eigenvalue weighted by Gasteiger charge is -2.06. The van der Waals surface area contributed by atoms with Crippen molar-refractivity contribution in [3.63, 3.8) is 0 Å². The maximum Gasteiger partial charge on any atom is 0.269 e. The highest BCUT2D eigenvalue weighted by molar-refractivity contribution is 5.80. The molecule has 0 aromatic heterocycles. The molecule has 0 radical (unpaired) electrons. The average molecular weight is 301 g/mol. The summed E-state index contributed by atoms with van der Waals surface area (Å²) in [5.74, 6) is -0.152. The minimum absolute atomic E-state index is 0.0554.